The van der Waals surface area contributed by atoms with Crippen LogP contribution in [0.4, 0.5) is 0 Å². The van der Waals surface area contributed by atoms with E-state index in [1.54, 1.807) is 0 Å². The monoisotopic (exact) mass is 425 g/mol. The van der Waals surface area contributed by atoms with Crippen LogP contribution < -0.4 is 5.32 Å². The molecule has 2 heterocycles. The van der Waals surface area contributed by atoms with E-state index in [1.165, 1.54) is 0 Å². The number of H-pyrrole nitrogens is 1. The molecular weight excluding hydrogens is 406 g/mol. The number of piperidine rings is 1. The van der Waals surface area contributed by atoms with Crippen molar-refractivity contribution in [1.29, 1.82) is 0 Å². The molecular formula is C21H20BrN3O2. The van der Waals surface area contributed by atoms with Crippen LogP contribution in [0.5, 0.6) is 0 Å². The molecule has 0 spiro atoms. The van der Waals surface area contributed by atoms with Gasteiger partial charge < -0.3 is 15.2 Å². The molecule has 138 valence electrons. The first-order valence-electron chi connectivity index (χ1n) is 9.03. The summed E-state index contributed by atoms with van der Waals surface area (Å²) in [7, 11) is 0. The van der Waals surface area contributed by atoms with E-state index in [9.17, 15) is 9.59 Å². The van der Waals surface area contributed by atoms with E-state index in [0.29, 0.717) is 24.3 Å². The molecule has 3 aromatic rings. The van der Waals surface area contributed by atoms with Gasteiger partial charge in [-0.1, -0.05) is 34.1 Å². The standard InChI is InChI=1S/C21H20BrN3O2/c22-16-6-7-18-15(12-16)13-19(24-18)21(27)25-10-8-17(9-11-25)23-20(26)14-4-2-1-3-5-14/h1-7,12-13,17,24H,8-11H2,(H,23,26). The molecule has 27 heavy (non-hydrogen) atoms. The third kappa shape index (κ3) is 3.90. The van der Waals surface area contributed by atoms with Gasteiger partial charge in [-0.15, -0.1) is 0 Å². The van der Waals surface area contributed by atoms with E-state index < -0.39 is 0 Å². The molecule has 2 amide bonds. The highest BCUT2D eigenvalue weighted by molar-refractivity contribution is 9.10. The average molecular weight is 426 g/mol. The number of hydrogen-bond acceptors (Lipinski definition) is 2. The molecule has 2 N–H and O–H groups in total. The molecule has 0 aliphatic carbocycles. The molecule has 0 atom stereocenters. The number of amides is 2. The van der Waals surface area contributed by atoms with Gasteiger partial charge in [-0.05, 0) is 49.2 Å². The summed E-state index contributed by atoms with van der Waals surface area (Å²) in [6, 6.07) is 17.1. The van der Waals surface area contributed by atoms with Gasteiger partial charge in [0, 0.05) is 40.1 Å². The van der Waals surface area contributed by atoms with E-state index in [0.717, 1.165) is 28.2 Å². The smallest absolute Gasteiger partial charge is 0.270 e. The summed E-state index contributed by atoms with van der Waals surface area (Å²) in [4.78, 5) is 30.1. The lowest BCUT2D eigenvalue weighted by Crippen LogP contribution is -2.46. The van der Waals surface area contributed by atoms with Crippen LogP contribution in [0.3, 0.4) is 0 Å². The quantitative estimate of drug-likeness (QED) is 0.666. The highest BCUT2D eigenvalue weighted by Crippen LogP contribution is 2.22. The molecule has 5 nitrogen and oxygen atoms in total. The van der Waals surface area contributed by atoms with Crippen molar-refractivity contribution < 1.29 is 9.59 Å². The van der Waals surface area contributed by atoms with Gasteiger partial charge in [-0.3, -0.25) is 9.59 Å². The molecule has 1 aromatic heterocycles. The van der Waals surface area contributed by atoms with Gasteiger partial charge in [0.15, 0.2) is 0 Å². The van der Waals surface area contributed by atoms with E-state index in [4.69, 9.17) is 0 Å². The molecule has 1 aliphatic rings. The first-order chi connectivity index (χ1) is 13.1. The summed E-state index contributed by atoms with van der Waals surface area (Å²) in [5.74, 6) is -0.0447. The number of nitrogens with zero attached hydrogens (tertiary/aromatic N) is 1. The number of fused-ring (bicyclic) bond motifs is 1. The van der Waals surface area contributed by atoms with Crippen LogP contribution in [0.15, 0.2) is 59.1 Å². The molecule has 1 fully saturated rings. The number of rotatable bonds is 3. The van der Waals surface area contributed by atoms with Crippen molar-refractivity contribution in [3.05, 3.63) is 70.3 Å². The van der Waals surface area contributed by atoms with Crippen LogP contribution in [-0.4, -0.2) is 40.8 Å². The number of benzene rings is 2. The Morgan fingerprint density at radius 3 is 2.52 bits per heavy atom. The fraction of sp³-hybridized carbons (Fsp3) is 0.238. The highest BCUT2D eigenvalue weighted by Gasteiger charge is 2.25. The lowest BCUT2D eigenvalue weighted by Gasteiger charge is -2.32. The van der Waals surface area contributed by atoms with Crippen molar-refractivity contribution in [2.75, 3.05) is 13.1 Å². The molecule has 0 bridgehead atoms. The van der Waals surface area contributed by atoms with Gasteiger partial charge in [0.2, 0.25) is 0 Å². The number of aromatic nitrogens is 1. The molecule has 0 unspecified atom stereocenters. The van der Waals surface area contributed by atoms with Crippen LogP contribution in [0.2, 0.25) is 0 Å². The van der Waals surface area contributed by atoms with E-state index in [-0.39, 0.29) is 17.9 Å². The lowest BCUT2D eigenvalue weighted by molar-refractivity contribution is 0.0693. The normalized spacial score (nSPS) is 15.1. The Hall–Kier alpha value is -2.60. The van der Waals surface area contributed by atoms with Crippen LogP contribution >= 0.6 is 15.9 Å². The number of likely N-dealkylation sites (tertiary alicyclic amines) is 1. The molecule has 6 heteroatoms. The fourth-order valence-corrected chi connectivity index (χ4v) is 3.85. The summed E-state index contributed by atoms with van der Waals surface area (Å²) in [5.41, 5.74) is 2.22. The Labute approximate surface area is 165 Å². The van der Waals surface area contributed by atoms with Crippen LogP contribution in [0.1, 0.15) is 33.7 Å². The maximum absolute atomic E-state index is 12.8. The zero-order valence-corrected chi connectivity index (χ0v) is 16.3. The SMILES string of the molecule is O=C(NC1CCN(C(=O)c2cc3cc(Br)ccc3[nH]2)CC1)c1ccccc1. The summed E-state index contributed by atoms with van der Waals surface area (Å²) in [6.07, 6.45) is 1.52. The number of hydrogen-bond donors (Lipinski definition) is 2. The van der Waals surface area contributed by atoms with E-state index >= 15 is 0 Å². The first kappa shape index (κ1) is 17.8. The van der Waals surface area contributed by atoms with Crippen molar-refractivity contribution in [2.45, 2.75) is 18.9 Å². The minimum absolute atomic E-state index is 0.00941. The maximum atomic E-state index is 12.8. The predicted octanol–water partition coefficient (Wildman–Crippen LogP) is 3.97. The second kappa shape index (κ2) is 7.56. The summed E-state index contributed by atoms with van der Waals surface area (Å²) in [6.45, 7) is 1.27. The summed E-state index contributed by atoms with van der Waals surface area (Å²) >= 11 is 3.45. The number of carbonyl (C=O) groups excluding carboxylic acids is 2. The highest BCUT2D eigenvalue weighted by atomic mass is 79.9. The molecule has 4 rings (SSSR count). The predicted molar refractivity (Wildman–Crippen MR) is 109 cm³/mol. The molecule has 1 aliphatic heterocycles. The van der Waals surface area contributed by atoms with Gasteiger partial charge in [0.05, 0.1) is 0 Å². The van der Waals surface area contributed by atoms with Gasteiger partial charge in [0.25, 0.3) is 11.8 Å². The molecule has 2 aromatic carbocycles. The molecule has 0 saturated carbocycles. The van der Waals surface area contributed by atoms with E-state index in [2.05, 4.69) is 26.2 Å². The number of nitrogens with one attached hydrogen (secondary N) is 2. The Bertz CT molecular complexity index is 976. The third-order valence-electron chi connectivity index (χ3n) is 4.97. The van der Waals surface area contributed by atoms with E-state index in [1.807, 2.05) is 59.5 Å². The largest absolute Gasteiger partial charge is 0.351 e. The number of halogens is 1. The summed E-state index contributed by atoms with van der Waals surface area (Å²) in [5, 5.41) is 4.08. The fourth-order valence-electron chi connectivity index (χ4n) is 3.47. The van der Waals surface area contributed by atoms with Gasteiger partial charge in [0.1, 0.15) is 5.69 Å². The minimum atomic E-state index is -0.0541. The average Bonchev–Trinajstić information content (AvgIpc) is 3.12. The summed E-state index contributed by atoms with van der Waals surface area (Å²) < 4.78 is 0.989. The number of carbonyl (C=O) groups is 2. The Balaban J connectivity index is 1.37. The zero-order valence-electron chi connectivity index (χ0n) is 14.7. The topological polar surface area (TPSA) is 65.2 Å². The van der Waals surface area contributed by atoms with Crippen LogP contribution in [-0.2, 0) is 0 Å². The second-order valence-corrected chi connectivity index (χ2v) is 7.74. The van der Waals surface area contributed by atoms with Crippen molar-refractivity contribution in [1.82, 2.24) is 15.2 Å². The van der Waals surface area contributed by atoms with Gasteiger partial charge >= 0.3 is 0 Å². The van der Waals surface area contributed by atoms with Crippen LogP contribution in [0.25, 0.3) is 10.9 Å². The van der Waals surface area contributed by atoms with Crippen molar-refractivity contribution >= 4 is 38.6 Å². The van der Waals surface area contributed by atoms with Crippen molar-refractivity contribution in [3.8, 4) is 0 Å². The number of aromatic amines is 1. The maximum Gasteiger partial charge on any atom is 0.270 e. The van der Waals surface area contributed by atoms with Gasteiger partial charge in [-0.25, -0.2) is 0 Å². The lowest BCUT2D eigenvalue weighted by atomic mass is 10.0. The first-order valence-corrected chi connectivity index (χ1v) is 9.83. The van der Waals surface area contributed by atoms with Gasteiger partial charge in [-0.2, -0.15) is 0 Å². The molecule has 0 radical (unpaired) electrons. The van der Waals surface area contributed by atoms with Crippen LogP contribution in [0, 0.1) is 0 Å². The third-order valence-corrected chi connectivity index (χ3v) is 5.46. The Morgan fingerprint density at radius 2 is 1.78 bits per heavy atom. The minimum Gasteiger partial charge on any atom is -0.351 e. The zero-order chi connectivity index (χ0) is 18.8. The Morgan fingerprint density at radius 1 is 1.04 bits per heavy atom. The Kier molecular flexibility index (Phi) is 4.99. The molecule has 1 saturated heterocycles. The van der Waals surface area contributed by atoms with Crippen molar-refractivity contribution in [3.63, 3.8) is 0 Å². The second-order valence-electron chi connectivity index (χ2n) is 6.82. The van der Waals surface area contributed by atoms with Crippen molar-refractivity contribution in [2.24, 2.45) is 0 Å².